The molecule has 0 spiro atoms. The van der Waals surface area contributed by atoms with Gasteiger partial charge in [0.05, 0.1) is 24.9 Å². The van der Waals surface area contributed by atoms with Gasteiger partial charge in [0.2, 0.25) is 0 Å². The lowest BCUT2D eigenvalue weighted by Gasteiger charge is -2.39. The van der Waals surface area contributed by atoms with Gasteiger partial charge in [0.1, 0.15) is 0 Å². The molecule has 1 saturated heterocycles. The minimum absolute atomic E-state index is 0.0274. The zero-order valence-corrected chi connectivity index (χ0v) is 28.5. The third-order valence-corrected chi connectivity index (χ3v) is 9.00. The van der Waals surface area contributed by atoms with Crippen LogP contribution in [0.3, 0.4) is 0 Å². The van der Waals surface area contributed by atoms with Gasteiger partial charge < -0.3 is 29.7 Å². The second-order valence-electron chi connectivity index (χ2n) is 12.7. The molecule has 0 aromatic heterocycles. The molecule has 1 aliphatic heterocycles. The van der Waals surface area contributed by atoms with Crippen LogP contribution in [0.4, 0.5) is 0 Å². The van der Waals surface area contributed by atoms with Crippen LogP contribution in [-0.4, -0.2) is 58.8 Å². The standard InChI is InChI=1S/C40H46N2O7/c1-26(38(45)32-11-6-5-7-12-32)42(4)24-36-22-37(31-18-16-29(25-43)17-19-31)49-40(48-36)35-15-9-14-34(21-35)33-13-8-10-30(20-33)23-41-39(46)27(2)47-28(3)44/h5-21,26-27,36-38,40,43,45H,22-25H2,1-4H3,(H,41,46)/t26-,27-,36-,37+,38-,40+/m0/s1. The van der Waals surface area contributed by atoms with Crippen molar-refractivity contribution in [1.82, 2.24) is 10.2 Å². The van der Waals surface area contributed by atoms with Crippen LogP contribution in [0.1, 0.15) is 73.5 Å². The minimum atomic E-state index is -0.870. The summed E-state index contributed by atoms with van der Waals surface area (Å²) < 4.78 is 18.2. The molecule has 9 heteroatoms. The Hall–Kier alpha value is -4.38. The van der Waals surface area contributed by atoms with Crippen LogP contribution < -0.4 is 5.32 Å². The Morgan fingerprint density at radius 3 is 2.27 bits per heavy atom. The summed E-state index contributed by atoms with van der Waals surface area (Å²) in [5.74, 6) is -0.866. The molecule has 9 nitrogen and oxygen atoms in total. The van der Waals surface area contributed by atoms with E-state index in [-0.39, 0.29) is 37.3 Å². The summed E-state index contributed by atoms with van der Waals surface area (Å²) in [6.07, 6.45) is -1.98. The van der Waals surface area contributed by atoms with Crippen LogP contribution in [0, 0.1) is 0 Å². The number of carbonyl (C=O) groups excluding carboxylic acids is 2. The first-order valence-corrected chi connectivity index (χ1v) is 16.7. The van der Waals surface area contributed by atoms with Gasteiger partial charge in [-0.2, -0.15) is 0 Å². The van der Waals surface area contributed by atoms with E-state index >= 15 is 0 Å². The summed E-state index contributed by atoms with van der Waals surface area (Å²) in [4.78, 5) is 25.7. The topological polar surface area (TPSA) is 118 Å². The maximum Gasteiger partial charge on any atom is 0.303 e. The van der Waals surface area contributed by atoms with Crippen molar-refractivity contribution in [2.24, 2.45) is 0 Å². The zero-order chi connectivity index (χ0) is 34.9. The number of nitrogens with zero attached hydrogens (tertiary/aromatic N) is 1. The quantitative estimate of drug-likeness (QED) is 0.149. The molecule has 3 N–H and O–H groups in total. The molecular formula is C40H46N2O7. The number of ether oxygens (including phenoxy) is 3. The van der Waals surface area contributed by atoms with Gasteiger partial charge in [-0.1, -0.05) is 91.0 Å². The molecule has 1 aliphatic rings. The highest BCUT2D eigenvalue weighted by atomic mass is 16.7. The third kappa shape index (κ3) is 9.62. The van der Waals surface area contributed by atoms with E-state index in [0.29, 0.717) is 13.0 Å². The molecule has 4 aromatic carbocycles. The number of likely N-dealkylation sites (N-methyl/N-ethyl adjacent to an activating group) is 1. The van der Waals surface area contributed by atoms with Gasteiger partial charge in [0.25, 0.3) is 5.91 Å². The number of hydrogen-bond donors (Lipinski definition) is 3. The maximum absolute atomic E-state index is 12.4. The average Bonchev–Trinajstić information content (AvgIpc) is 3.13. The van der Waals surface area contributed by atoms with Gasteiger partial charge in [-0.25, -0.2) is 0 Å². The summed E-state index contributed by atoms with van der Waals surface area (Å²) in [5, 5.41) is 23.5. The number of aliphatic hydroxyl groups excluding tert-OH is 2. The van der Waals surface area contributed by atoms with Gasteiger partial charge in [0, 0.05) is 38.0 Å². The highest BCUT2D eigenvalue weighted by Gasteiger charge is 2.34. The van der Waals surface area contributed by atoms with E-state index in [4.69, 9.17) is 14.2 Å². The van der Waals surface area contributed by atoms with Gasteiger partial charge >= 0.3 is 5.97 Å². The van der Waals surface area contributed by atoms with E-state index in [1.54, 1.807) is 6.92 Å². The number of esters is 1. The summed E-state index contributed by atoms with van der Waals surface area (Å²) in [7, 11) is 2.00. The molecular weight excluding hydrogens is 620 g/mol. The smallest absolute Gasteiger partial charge is 0.303 e. The first-order chi connectivity index (χ1) is 23.6. The van der Waals surface area contributed by atoms with Crippen LogP contribution in [0.2, 0.25) is 0 Å². The summed E-state index contributed by atoms with van der Waals surface area (Å²) in [6, 6.07) is 33.3. The van der Waals surface area contributed by atoms with Gasteiger partial charge in [-0.05, 0) is 66.4 Å². The molecule has 0 saturated carbocycles. The molecule has 0 bridgehead atoms. The Labute approximate surface area is 288 Å². The molecule has 49 heavy (non-hydrogen) atoms. The van der Waals surface area contributed by atoms with Crippen LogP contribution in [-0.2, 0) is 37.0 Å². The average molecular weight is 667 g/mol. The molecule has 0 radical (unpaired) electrons. The second kappa shape index (κ2) is 16.8. The van der Waals surface area contributed by atoms with E-state index in [1.165, 1.54) is 6.92 Å². The molecule has 0 aliphatic carbocycles. The number of aliphatic hydroxyl groups is 2. The SMILES string of the molecule is CC(=O)O[C@@H](C)C(=O)NCc1cccc(-c2cccc([C@@H]3O[C@H](CN(C)[C@@H](C)[C@H](O)c4ccccc4)C[C@H](c4ccc(CO)cc4)O3)c2)c1. The largest absolute Gasteiger partial charge is 0.453 e. The molecule has 0 unspecified atom stereocenters. The highest BCUT2D eigenvalue weighted by molar-refractivity contribution is 5.82. The molecule has 1 fully saturated rings. The Balaban J connectivity index is 1.34. The monoisotopic (exact) mass is 666 g/mol. The van der Waals surface area contributed by atoms with E-state index in [2.05, 4.69) is 16.3 Å². The van der Waals surface area contributed by atoms with Crippen LogP contribution in [0.5, 0.6) is 0 Å². The van der Waals surface area contributed by atoms with Crippen LogP contribution in [0.15, 0.2) is 103 Å². The lowest BCUT2D eigenvalue weighted by atomic mass is 9.97. The van der Waals surface area contributed by atoms with Crippen LogP contribution >= 0.6 is 0 Å². The minimum Gasteiger partial charge on any atom is -0.453 e. The Morgan fingerprint density at radius 1 is 0.878 bits per heavy atom. The number of amides is 1. The van der Waals surface area contributed by atoms with Crippen molar-refractivity contribution in [2.75, 3.05) is 13.6 Å². The maximum atomic E-state index is 12.4. The predicted molar refractivity (Wildman–Crippen MR) is 187 cm³/mol. The van der Waals surface area contributed by atoms with E-state index in [0.717, 1.165) is 38.9 Å². The summed E-state index contributed by atoms with van der Waals surface area (Å²) in [6.45, 7) is 5.68. The molecule has 4 aromatic rings. The molecule has 1 heterocycles. The molecule has 1 amide bonds. The number of benzene rings is 4. The van der Waals surface area contributed by atoms with Crippen molar-refractivity contribution in [3.8, 4) is 11.1 Å². The van der Waals surface area contributed by atoms with Crippen molar-refractivity contribution >= 4 is 11.9 Å². The van der Waals surface area contributed by atoms with Crippen LogP contribution in [0.25, 0.3) is 11.1 Å². The number of rotatable bonds is 13. The van der Waals surface area contributed by atoms with Crippen molar-refractivity contribution in [1.29, 1.82) is 0 Å². The first-order valence-electron chi connectivity index (χ1n) is 16.7. The van der Waals surface area contributed by atoms with Gasteiger partial charge in [-0.15, -0.1) is 0 Å². The highest BCUT2D eigenvalue weighted by Crippen LogP contribution is 2.39. The fourth-order valence-corrected chi connectivity index (χ4v) is 6.05. The van der Waals surface area contributed by atoms with E-state index in [1.807, 2.05) is 111 Å². The van der Waals surface area contributed by atoms with E-state index in [9.17, 15) is 19.8 Å². The van der Waals surface area contributed by atoms with Gasteiger partial charge in [-0.3, -0.25) is 14.5 Å². The zero-order valence-electron chi connectivity index (χ0n) is 28.5. The Kier molecular flexibility index (Phi) is 12.3. The fraction of sp³-hybridized carbons (Fsp3) is 0.350. The first kappa shape index (κ1) is 35.9. The lowest BCUT2D eigenvalue weighted by Crippen LogP contribution is -2.43. The summed E-state index contributed by atoms with van der Waals surface area (Å²) >= 11 is 0. The second-order valence-corrected chi connectivity index (χ2v) is 12.7. The third-order valence-electron chi connectivity index (χ3n) is 9.00. The summed E-state index contributed by atoms with van der Waals surface area (Å²) in [5.41, 5.74) is 6.41. The van der Waals surface area contributed by atoms with Gasteiger partial charge in [0.15, 0.2) is 12.4 Å². The van der Waals surface area contributed by atoms with Crippen molar-refractivity contribution in [3.63, 3.8) is 0 Å². The number of hydrogen-bond acceptors (Lipinski definition) is 8. The molecule has 6 atom stereocenters. The number of nitrogens with one attached hydrogen (secondary N) is 1. The Morgan fingerprint density at radius 2 is 1.57 bits per heavy atom. The fourth-order valence-electron chi connectivity index (χ4n) is 6.05. The lowest BCUT2D eigenvalue weighted by molar-refractivity contribution is -0.253. The van der Waals surface area contributed by atoms with Crippen molar-refractivity contribution in [3.05, 3.63) is 131 Å². The van der Waals surface area contributed by atoms with Crippen molar-refractivity contribution < 1.29 is 34.0 Å². The normalized spacial score (nSPS) is 19.5. The number of carbonyl (C=O) groups is 2. The Bertz CT molecular complexity index is 1680. The van der Waals surface area contributed by atoms with Crippen molar-refractivity contribution in [2.45, 2.75) is 77.1 Å². The predicted octanol–water partition coefficient (Wildman–Crippen LogP) is 6.01. The molecule has 258 valence electrons. The van der Waals surface area contributed by atoms with E-state index < -0.39 is 24.5 Å². The molecule has 5 rings (SSSR count).